The van der Waals surface area contributed by atoms with Gasteiger partial charge in [0.25, 0.3) is 0 Å². The zero-order chi connectivity index (χ0) is 34.0. The van der Waals surface area contributed by atoms with E-state index in [9.17, 15) is 19.5 Å². The molecular formula is C32H43ClN2O9S2. The van der Waals surface area contributed by atoms with Gasteiger partial charge in [0.05, 0.1) is 25.3 Å². The fourth-order valence-corrected chi connectivity index (χ4v) is 7.86. The van der Waals surface area contributed by atoms with Crippen LogP contribution in [0, 0.1) is 5.92 Å². The summed E-state index contributed by atoms with van der Waals surface area (Å²) < 4.78 is 29.0. The van der Waals surface area contributed by atoms with Crippen LogP contribution in [0.5, 0.6) is 5.75 Å². The molecule has 0 spiro atoms. The Bertz CT molecular complexity index is 1390. The van der Waals surface area contributed by atoms with Crippen LogP contribution >= 0.6 is 33.2 Å². The minimum Gasteiger partial charge on any atom is -0.495 e. The molecule has 4 rings (SSSR count). The highest BCUT2D eigenvalue weighted by molar-refractivity contribution is 8.76. The smallest absolute Gasteiger partial charge is 0.409 e. The number of aliphatic hydroxyl groups is 1. The van der Waals surface area contributed by atoms with Gasteiger partial charge in [-0.3, -0.25) is 14.9 Å². The molecule has 0 aliphatic carbocycles. The molecule has 0 aromatic heterocycles. The Morgan fingerprint density at radius 3 is 2.65 bits per heavy atom. The Kier molecular flexibility index (Phi) is 11.7. The van der Waals surface area contributed by atoms with E-state index in [1.54, 1.807) is 33.0 Å². The van der Waals surface area contributed by atoms with Crippen LogP contribution in [0.2, 0.25) is 5.02 Å². The van der Waals surface area contributed by atoms with Crippen molar-refractivity contribution in [3.8, 4) is 5.75 Å². The fourth-order valence-electron chi connectivity index (χ4n) is 6.03. The summed E-state index contributed by atoms with van der Waals surface area (Å²) in [5, 5.41) is 13.9. The van der Waals surface area contributed by atoms with Crippen molar-refractivity contribution in [2.24, 2.45) is 5.92 Å². The molecule has 8 atom stereocenters. The zero-order valence-corrected chi connectivity index (χ0v) is 29.7. The number of nitrogens with zero attached hydrogens (tertiary/aromatic N) is 1. The number of epoxide rings is 1. The van der Waals surface area contributed by atoms with Crippen LogP contribution in [0.3, 0.4) is 0 Å². The maximum absolute atomic E-state index is 13.9. The van der Waals surface area contributed by atoms with Gasteiger partial charge in [0.1, 0.15) is 39.9 Å². The van der Waals surface area contributed by atoms with Crippen LogP contribution in [0.4, 0.5) is 10.5 Å². The van der Waals surface area contributed by atoms with Crippen molar-refractivity contribution in [2.75, 3.05) is 32.4 Å². The van der Waals surface area contributed by atoms with E-state index in [1.807, 2.05) is 38.3 Å². The van der Waals surface area contributed by atoms with Gasteiger partial charge in [0.15, 0.2) is 5.72 Å². The molecule has 2 N–H and O–H groups in total. The molecule has 3 aliphatic rings. The normalized spacial score (nSPS) is 34.3. The number of nitrogens with one attached hydrogen (secondary N) is 1. The van der Waals surface area contributed by atoms with Gasteiger partial charge in [-0.05, 0) is 51.1 Å². The van der Waals surface area contributed by atoms with E-state index in [-0.39, 0.29) is 23.8 Å². The first-order valence-electron chi connectivity index (χ1n) is 15.0. The van der Waals surface area contributed by atoms with Gasteiger partial charge in [-0.25, -0.2) is 4.79 Å². The SMILES string of the molecule is COc1cc2cc(c1Cl)N(C)C(=O)CC(OC(=O)C(C)SSC)C1(C)OC1C(C)C1CC(O)(NC(=O)O1)C(OC)/C=C/C=C(\C)C2. The molecule has 2 fully saturated rings. The third kappa shape index (κ3) is 7.82. The number of rotatable bonds is 6. The van der Waals surface area contributed by atoms with Gasteiger partial charge >= 0.3 is 12.1 Å². The van der Waals surface area contributed by atoms with E-state index in [0.29, 0.717) is 17.9 Å². The van der Waals surface area contributed by atoms with Crippen LogP contribution in [0.1, 0.15) is 46.1 Å². The Hall–Kier alpha value is -2.42. The standard InChI is InChI=1S/C32H43ClN2O9S2/c1-17-10-9-11-24(41-7)32(39)16-23(42-30(38)34-32)18(2)28-31(4,44-28)25(43-29(37)19(3)46-45-8)15-26(36)35(5)21-13-20(12-17)14-22(40-6)27(21)33/h9-11,13-14,18-19,23-25,28,39H,12,15-16H2,1-8H3,(H,34,38)/b11-9+,17-10+. The number of hydrogen-bond acceptors (Lipinski definition) is 11. The van der Waals surface area contributed by atoms with Crippen molar-refractivity contribution >= 4 is 56.8 Å². The highest BCUT2D eigenvalue weighted by atomic mass is 35.5. The van der Waals surface area contributed by atoms with Crippen LogP contribution < -0.4 is 15.0 Å². The van der Waals surface area contributed by atoms with Crippen molar-refractivity contribution in [3.63, 3.8) is 0 Å². The monoisotopic (exact) mass is 698 g/mol. The maximum Gasteiger partial charge on any atom is 0.409 e. The summed E-state index contributed by atoms with van der Waals surface area (Å²) in [6.45, 7) is 7.29. The van der Waals surface area contributed by atoms with E-state index >= 15 is 0 Å². The predicted molar refractivity (Wildman–Crippen MR) is 179 cm³/mol. The van der Waals surface area contributed by atoms with Crippen LogP contribution in [0.15, 0.2) is 35.9 Å². The van der Waals surface area contributed by atoms with Gasteiger partial charge in [0.2, 0.25) is 5.91 Å². The first-order chi connectivity index (χ1) is 21.7. The summed E-state index contributed by atoms with van der Waals surface area (Å²) in [5.74, 6) is -0.880. The minimum absolute atomic E-state index is 0.000954. The van der Waals surface area contributed by atoms with E-state index in [2.05, 4.69) is 5.32 Å². The number of alkyl carbamates (subject to hydrolysis) is 1. The number of esters is 1. The van der Waals surface area contributed by atoms with Gasteiger partial charge in [-0.1, -0.05) is 63.9 Å². The maximum atomic E-state index is 13.9. The molecule has 0 saturated carbocycles. The largest absolute Gasteiger partial charge is 0.495 e. The van der Waals surface area contributed by atoms with Gasteiger partial charge in [-0.15, -0.1) is 0 Å². The molecule has 3 aliphatic heterocycles. The second-order valence-electron chi connectivity index (χ2n) is 12.1. The van der Waals surface area contributed by atoms with Crippen LogP contribution in [0.25, 0.3) is 0 Å². The number of carbonyl (C=O) groups excluding carboxylic acids is 3. The number of hydrogen-bond donors (Lipinski definition) is 2. The lowest BCUT2D eigenvalue weighted by Gasteiger charge is -2.42. The molecule has 254 valence electrons. The number of amides is 2. The molecule has 2 saturated heterocycles. The molecule has 8 unspecified atom stereocenters. The third-order valence-corrected chi connectivity index (χ3v) is 11.3. The lowest BCUT2D eigenvalue weighted by atomic mass is 9.83. The van der Waals surface area contributed by atoms with Gasteiger partial charge in [0, 0.05) is 26.5 Å². The molecule has 11 nitrogen and oxygen atoms in total. The minimum atomic E-state index is -1.77. The number of methoxy groups -OCH3 is 2. The molecule has 3 heterocycles. The van der Waals surface area contributed by atoms with Crippen LogP contribution in [-0.2, 0) is 35.0 Å². The van der Waals surface area contributed by atoms with Crippen molar-refractivity contribution in [1.82, 2.24) is 5.32 Å². The second kappa shape index (κ2) is 14.8. The first-order valence-corrected chi connectivity index (χ1v) is 18.0. The fraction of sp³-hybridized carbons (Fsp3) is 0.594. The Labute approximate surface area is 283 Å². The molecule has 2 amide bonds. The summed E-state index contributed by atoms with van der Waals surface area (Å²) in [4.78, 5) is 41.2. The number of allylic oxidation sites excluding steroid dienone is 3. The predicted octanol–water partition coefficient (Wildman–Crippen LogP) is 5.07. The molecule has 0 radical (unpaired) electrons. The van der Waals surface area contributed by atoms with E-state index in [4.69, 9.17) is 35.3 Å². The lowest BCUT2D eigenvalue weighted by molar-refractivity contribution is -0.152. The number of ether oxygens (including phenoxy) is 5. The average molecular weight is 699 g/mol. The van der Waals surface area contributed by atoms with Crippen LogP contribution in [-0.4, -0.2) is 91.6 Å². The second-order valence-corrected chi connectivity index (χ2v) is 15.3. The zero-order valence-electron chi connectivity index (χ0n) is 27.3. The van der Waals surface area contributed by atoms with Crippen molar-refractivity contribution in [2.45, 2.75) is 87.9 Å². The molecule has 14 heteroatoms. The van der Waals surface area contributed by atoms with Crippen molar-refractivity contribution < 1.29 is 43.2 Å². The Balaban J connectivity index is 1.79. The molecule has 1 aromatic carbocycles. The number of fused-ring (bicyclic) bond motifs is 5. The molecule has 4 bridgehead atoms. The van der Waals surface area contributed by atoms with Crippen molar-refractivity contribution in [3.05, 3.63) is 46.5 Å². The lowest BCUT2D eigenvalue weighted by Crippen LogP contribution is -2.63. The van der Waals surface area contributed by atoms with Gasteiger partial charge < -0.3 is 33.7 Å². The number of halogens is 1. The Morgan fingerprint density at radius 2 is 2.00 bits per heavy atom. The average Bonchev–Trinajstić information content (AvgIpc) is 3.70. The third-order valence-electron chi connectivity index (χ3n) is 8.78. The summed E-state index contributed by atoms with van der Waals surface area (Å²) >= 11 is 6.71. The summed E-state index contributed by atoms with van der Waals surface area (Å²) in [6, 6.07) is 3.64. The van der Waals surface area contributed by atoms with Crippen molar-refractivity contribution in [1.29, 1.82) is 0 Å². The van der Waals surface area contributed by atoms with E-state index in [0.717, 1.165) is 11.1 Å². The van der Waals surface area contributed by atoms with Gasteiger partial charge in [-0.2, -0.15) is 0 Å². The van der Waals surface area contributed by atoms with E-state index < -0.39 is 59.0 Å². The number of anilines is 1. The molecular weight excluding hydrogens is 656 g/mol. The first kappa shape index (κ1) is 36.4. The topological polar surface area (TPSA) is 136 Å². The highest BCUT2D eigenvalue weighted by Gasteiger charge is 2.64. The highest BCUT2D eigenvalue weighted by Crippen LogP contribution is 2.49. The summed E-state index contributed by atoms with van der Waals surface area (Å²) in [6.07, 6.45) is 3.45. The Morgan fingerprint density at radius 1 is 1.28 bits per heavy atom. The summed E-state index contributed by atoms with van der Waals surface area (Å²) in [5.41, 5.74) is -0.618. The number of benzene rings is 1. The molecule has 1 aromatic rings. The molecule has 46 heavy (non-hydrogen) atoms. The number of carbonyl (C=O) groups is 3. The summed E-state index contributed by atoms with van der Waals surface area (Å²) in [7, 11) is 7.35. The quantitative estimate of drug-likeness (QED) is 0.234. The van der Waals surface area contributed by atoms with E-state index in [1.165, 1.54) is 40.7 Å².